The number of carbonyl (C=O) groups excluding carboxylic acids is 4. The van der Waals surface area contributed by atoms with Gasteiger partial charge in [0.1, 0.15) is 35.2 Å². The first-order valence-electron chi connectivity index (χ1n) is 19.7. The monoisotopic (exact) mass is 783 g/mol. The van der Waals surface area contributed by atoms with Crippen molar-refractivity contribution in [2.24, 2.45) is 11.8 Å². The fourth-order valence-electron chi connectivity index (χ4n) is 8.39. The average Bonchev–Trinajstić information content (AvgIpc) is 4.09. The molecule has 1 aromatic carbocycles. The number of ether oxygens (including phenoxy) is 4. The van der Waals surface area contributed by atoms with Crippen LogP contribution in [0, 0.1) is 11.8 Å². The van der Waals surface area contributed by atoms with Gasteiger partial charge in [-0.25, -0.2) is 18.2 Å². The number of sulfonamides is 1. The van der Waals surface area contributed by atoms with Gasteiger partial charge in [0.05, 0.1) is 38.1 Å². The molecule has 0 radical (unpaired) electrons. The highest BCUT2D eigenvalue weighted by Gasteiger charge is 2.62. The standard InChI is InChI=1S/C39H53N5O10S/c1-23-10-9-11-24-16-28-30(18-32(24)51-2)40-34(52-3)19-33(28)54-26-17-31-35(45)42-39(37(47)43-55(49,50)27-14-15-27)20-25(39)12-7-5-4-6-8-13-29(36(46)44(31)21-26)41-38(48)53-22-23/h16,18-19,23,25-27,29,31H,4-15,17,20-22H2,1-3H3,(H,41,48)(H,42,45)(H,43,47)/t23-,25+,26+,29-,31-,39+/m0/s1. The normalized spacial score (nSPS) is 29.6. The molecule has 2 aliphatic carbocycles. The highest BCUT2D eigenvalue weighted by molar-refractivity contribution is 7.91. The number of benzene rings is 1. The number of alkyl carbamates (subject to hydrolysis) is 1. The highest BCUT2D eigenvalue weighted by atomic mass is 32.2. The smallest absolute Gasteiger partial charge is 0.407 e. The maximum atomic E-state index is 14.6. The van der Waals surface area contributed by atoms with E-state index < -0.39 is 62.8 Å². The number of carbonyl (C=O) groups is 4. The average molecular weight is 784 g/mol. The van der Waals surface area contributed by atoms with Crippen molar-refractivity contribution in [1.29, 1.82) is 0 Å². The van der Waals surface area contributed by atoms with Crippen LogP contribution >= 0.6 is 0 Å². The number of aryl methyl sites for hydroxylation is 1. The van der Waals surface area contributed by atoms with Crippen molar-refractivity contribution >= 4 is 44.7 Å². The van der Waals surface area contributed by atoms with Gasteiger partial charge in [-0.15, -0.1) is 0 Å². The topological polar surface area (TPSA) is 192 Å². The van der Waals surface area contributed by atoms with Crippen LogP contribution in [0.4, 0.5) is 4.79 Å². The van der Waals surface area contributed by atoms with E-state index in [4.69, 9.17) is 18.9 Å². The van der Waals surface area contributed by atoms with Crippen molar-refractivity contribution in [3.8, 4) is 17.4 Å². The van der Waals surface area contributed by atoms with Crippen LogP contribution in [0.25, 0.3) is 10.9 Å². The maximum absolute atomic E-state index is 14.6. The van der Waals surface area contributed by atoms with Crippen LogP contribution < -0.4 is 29.6 Å². The zero-order chi connectivity index (χ0) is 38.9. The first-order chi connectivity index (χ1) is 26.4. The third kappa shape index (κ3) is 8.58. The summed E-state index contributed by atoms with van der Waals surface area (Å²) < 4.78 is 51.6. The summed E-state index contributed by atoms with van der Waals surface area (Å²) >= 11 is 0. The highest BCUT2D eigenvalue weighted by Crippen LogP contribution is 2.48. The van der Waals surface area contributed by atoms with Gasteiger partial charge in [0.15, 0.2) is 0 Å². The van der Waals surface area contributed by atoms with Gasteiger partial charge in [0.2, 0.25) is 27.7 Å². The fourth-order valence-corrected chi connectivity index (χ4v) is 9.76. The van der Waals surface area contributed by atoms with E-state index in [9.17, 15) is 27.6 Å². The predicted molar refractivity (Wildman–Crippen MR) is 201 cm³/mol. The minimum atomic E-state index is -3.87. The van der Waals surface area contributed by atoms with Crippen LogP contribution in [0.3, 0.4) is 0 Å². The summed E-state index contributed by atoms with van der Waals surface area (Å²) in [5, 5.41) is 5.86. The van der Waals surface area contributed by atoms with E-state index in [-0.39, 0.29) is 31.4 Å². The Hall–Kier alpha value is -4.34. The van der Waals surface area contributed by atoms with Crippen molar-refractivity contribution in [3.05, 3.63) is 23.8 Å². The Morgan fingerprint density at radius 1 is 0.982 bits per heavy atom. The molecule has 7 rings (SSSR count). The third-order valence-corrected chi connectivity index (χ3v) is 13.7. The zero-order valence-corrected chi connectivity index (χ0v) is 32.7. The van der Waals surface area contributed by atoms with Crippen LogP contribution in [0.15, 0.2) is 18.2 Å². The Morgan fingerprint density at radius 2 is 1.75 bits per heavy atom. The second-order valence-electron chi connectivity index (χ2n) is 16.0. The first kappa shape index (κ1) is 38.9. The summed E-state index contributed by atoms with van der Waals surface area (Å²) in [4.78, 5) is 62.1. The number of pyridine rings is 1. The van der Waals surface area contributed by atoms with Gasteiger partial charge in [0, 0.05) is 23.9 Å². The Balaban J connectivity index is 1.25. The molecule has 2 aromatic rings. The molecule has 3 N–H and O–H groups in total. The molecule has 6 atom stereocenters. The van der Waals surface area contributed by atoms with E-state index in [1.165, 1.54) is 12.0 Å². The molecule has 2 saturated carbocycles. The molecule has 4 fully saturated rings. The van der Waals surface area contributed by atoms with Crippen molar-refractivity contribution < 1.29 is 46.5 Å². The molecule has 1 aromatic heterocycles. The van der Waals surface area contributed by atoms with Crippen LogP contribution in [-0.4, -0.2) is 98.5 Å². The Morgan fingerprint density at radius 3 is 2.49 bits per heavy atom. The van der Waals surface area contributed by atoms with Gasteiger partial charge in [-0.3, -0.25) is 19.1 Å². The number of amides is 4. The van der Waals surface area contributed by atoms with Gasteiger partial charge in [0.25, 0.3) is 5.91 Å². The minimum Gasteiger partial charge on any atom is -0.496 e. The molecule has 4 amide bonds. The number of aromatic nitrogens is 1. The molecule has 5 bridgehead atoms. The molecule has 16 heteroatoms. The lowest BCUT2D eigenvalue weighted by Crippen LogP contribution is -2.58. The summed E-state index contributed by atoms with van der Waals surface area (Å²) in [7, 11) is -0.755. The molecule has 5 aliphatic rings. The largest absolute Gasteiger partial charge is 0.496 e. The Labute approximate surface area is 322 Å². The fraction of sp³-hybridized carbons (Fsp3) is 0.667. The number of hydrogen-bond acceptors (Lipinski definition) is 11. The van der Waals surface area contributed by atoms with E-state index in [0.29, 0.717) is 73.2 Å². The number of rotatable bonds is 5. The lowest BCUT2D eigenvalue weighted by molar-refractivity contribution is -0.141. The van der Waals surface area contributed by atoms with Crippen LogP contribution in [0.2, 0.25) is 0 Å². The maximum Gasteiger partial charge on any atom is 0.407 e. The summed E-state index contributed by atoms with van der Waals surface area (Å²) in [6.07, 6.45) is 7.30. The van der Waals surface area contributed by atoms with E-state index >= 15 is 0 Å². The van der Waals surface area contributed by atoms with Crippen LogP contribution in [0.1, 0.15) is 96.0 Å². The molecule has 4 heterocycles. The van der Waals surface area contributed by atoms with Gasteiger partial charge >= 0.3 is 6.09 Å². The summed E-state index contributed by atoms with van der Waals surface area (Å²) in [6.45, 7) is 2.18. The molecule has 3 aliphatic heterocycles. The van der Waals surface area contributed by atoms with Crippen molar-refractivity contribution in [2.75, 3.05) is 27.4 Å². The zero-order valence-electron chi connectivity index (χ0n) is 31.9. The lowest BCUT2D eigenvalue weighted by Gasteiger charge is -2.30. The molecular formula is C39H53N5O10S. The van der Waals surface area contributed by atoms with Gasteiger partial charge in [-0.1, -0.05) is 39.0 Å². The predicted octanol–water partition coefficient (Wildman–Crippen LogP) is 3.90. The number of cyclic esters (lactones) is 1. The van der Waals surface area contributed by atoms with Crippen LogP contribution in [-0.2, 0) is 35.6 Å². The van der Waals surface area contributed by atoms with Gasteiger partial charge < -0.3 is 34.5 Å². The number of fused-ring (bicyclic) bond motifs is 4. The second-order valence-corrected chi connectivity index (χ2v) is 18.0. The Bertz CT molecular complexity index is 1920. The van der Waals surface area contributed by atoms with Gasteiger partial charge in [-0.2, -0.15) is 0 Å². The first-order valence-corrected chi connectivity index (χ1v) is 21.3. The van der Waals surface area contributed by atoms with E-state index in [2.05, 4.69) is 20.3 Å². The number of nitrogens with one attached hydrogen (secondary N) is 3. The van der Waals surface area contributed by atoms with Gasteiger partial charge in [-0.05, 0) is 74.8 Å². The van der Waals surface area contributed by atoms with E-state index in [1.807, 2.05) is 19.1 Å². The summed E-state index contributed by atoms with van der Waals surface area (Å²) in [6, 6.07) is 3.47. The van der Waals surface area contributed by atoms with Crippen LogP contribution in [0.5, 0.6) is 17.4 Å². The SMILES string of the molecule is COc1cc2c3cc(c(OC)cc3n1)CCC[C@H](C)COC(=O)N[C@H]1CCCCCCC[C@@H]3C[C@@]3(C(=O)NS(=O)(=O)C3CC3)NC(=O)[C@@H]3C[C@H](CN3C1=O)O2. The molecule has 2 saturated heterocycles. The molecule has 55 heavy (non-hydrogen) atoms. The summed E-state index contributed by atoms with van der Waals surface area (Å²) in [5.41, 5.74) is 0.118. The second kappa shape index (κ2) is 16.0. The molecule has 0 spiro atoms. The number of nitrogens with zero attached hydrogens (tertiary/aromatic N) is 2. The number of methoxy groups -OCH3 is 2. The lowest BCUT2D eigenvalue weighted by atomic mass is 9.99. The van der Waals surface area contributed by atoms with E-state index in [0.717, 1.165) is 44.1 Å². The van der Waals surface area contributed by atoms with Crippen molar-refractivity contribution in [3.63, 3.8) is 0 Å². The quantitative estimate of drug-likeness (QED) is 0.399. The molecule has 300 valence electrons. The Kier molecular flexibility index (Phi) is 11.3. The molecule has 15 nitrogen and oxygen atoms in total. The number of hydrogen-bond donors (Lipinski definition) is 3. The molecular weight excluding hydrogens is 731 g/mol. The van der Waals surface area contributed by atoms with Crippen molar-refractivity contribution in [2.45, 2.75) is 126 Å². The molecule has 0 unspecified atom stereocenters. The van der Waals surface area contributed by atoms with Crippen molar-refractivity contribution in [1.82, 2.24) is 25.2 Å². The van der Waals surface area contributed by atoms with E-state index in [1.54, 1.807) is 13.2 Å². The minimum absolute atomic E-state index is 0.00894. The third-order valence-electron chi connectivity index (χ3n) is 11.8. The summed E-state index contributed by atoms with van der Waals surface area (Å²) in [5.74, 6) is -0.537.